The highest BCUT2D eigenvalue weighted by molar-refractivity contribution is 4.91. The molecule has 0 amide bonds. The second-order valence-electron chi connectivity index (χ2n) is 3.19. The molecule has 6 N–H and O–H groups in total. The van der Waals surface area contributed by atoms with Crippen molar-refractivity contribution < 1.29 is 10.2 Å². The van der Waals surface area contributed by atoms with Crippen molar-refractivity contribution in [1.29, 1.82) is 0 Å². The summed E-state index contributed by atoms with van der Waals surface area (Å²) in [5.41, 5.74) is 11.0. The third kappa shape index (κ3) is 3.44. The van der Waals surface area contributed by atoms with Crippen molar-refractivity contribution >= 4 is 0 Å². The van der Waals surface area contributed by atoms with Gasteiger partial charge in [-0.2, -0.15) is 0 Å². The van der Waals surface area contributed by atoms with Crippen molar-refractivity contribution in [3.8, 4) is 0 Å². The Morgan fingerprint density at radius 3 is 2.23 bits per heavy atom. The predicted molar refractivity (Wildman–Crippen MR) is 53.0 cm³/mol. The van der Waals surface area contributed by atoms with E-state index in [0.717, 1.165) is 0 Å². The Hall–Kier alpha value is -0.420. The smallest absolute Gasteiger partial charge is 0.0955 e. The molecule has 4 heteroatoms. The van der Waals surface area contributed by atoms with E-state index >= 15 is 0 Å². The number of nitrogens with two attached hydrogens (primary N) is 2. The SMILES string of the molecule is C=C[C@@H](CN)[C@@H](O)[C@H](O)[C@@H](N)CC. The molecule has 78 valence electrons. The predicted octanol–water partition coefficient (Wildman–Crippen LogP) is -0.794. The Bertz CT molecular complexity index is 153. The van der Waals surface area contributed by atoms with Crippen molar-refractivity contribution in [1.82, 2.24) is 0 Å². The molecule has 0 saturated carbocycles. The summed E-state index contributed by atoms with van der Waals surface area (Å²) in [4.78, 5) is 0. The number of aliphatic hydroxyl groups is 2. The Kier molecular flexibility index (Phi) is 5.90. The largest absolute Gasteiger partial charge is 0.390 e. The highest BCUT2D eigenvalue weighted by Crippen LogP contribution is 2.11. The van der Waals surface area contributed by atoms with E-state index in [9.17, 15) is 10.2 Å². The molecule has 4 nitrogen and oxygen atoms in total. The van der Waals surface area contributed by atoms with E-state index < -0.39 is 18.2 Å². The molecule has 0 saturated heterocycles. The van der Waals surface area contributed by atoms with Crippen molar-refractivity contribution in [3.05, 3.63) is 12.7 Å². The number of hydrogen-bond donors (Lipinski definition) is 4. The molecule has 0 aliphatic rings. The van der Waals surface area contributed by atoms with Gasteiger partial charge in [0, 0.05) is 18.5 Å². The first-order valence-corrected chi connectivity index (χ1v) is 4.52. The van der Waals surface area contributed by atoms with E-state index in [0.29, 0.717) is 6.42 Å². The minimum Gasteiger partial charge on any atom is -0.390 e. The van der Waals surface area contributed by atoms with Gasteiger partial charge in [0.1, 0.15) is 0 Å². The summed E-state index contributed by atoms with van der Waals surface area (Å²) in [5.74, 6) is -0.299. The Morgan fingerprint density at radius 1 is 1.38 bits per heavy atom. The molecule has 0 aliphatic heterocycles. The summed E-state index contributed by atoms with van der Waals surface area (Å²) in [6.07, 6.45) is 0.303. The van der Waals surface area contributed by atoms with E-state index in [-0.39, 0.29) is 12.5 Å². The van der Waals surface area contributed by atoms with Crippen molar-refractivity contribution in [2.45, 2.75) is 31.6 Å². The van der Waals surface area contributed by atoms with E-state index in [2.05, 4.69) is 6.58 Å². The van der Waals surface area contributed by atoms with Gasteiger partial charge < -0.3 is 21.7 Å². The maximum absolute atomic E-state index is 9.60. The minimum absolute atomic E-state index is 0.262. The lowest BCUT2D eigenvalue weighted by Gasteiger charge is -2.27. The third-order valence-corrected chi connectivity index (χ3v) is 2.27. The molecule has 0 bridgehead atoms. The maximum Gasteiger partial charge on any atom is 0.0955 e. The van der Waals surface area contributed by atoms with E-state index in [1.807, 2.05) is 6.92 Å². The first-order valence-electron chi connectivity index (χ1n) is 4.52. The van der Waals surface area contributed by atoms with Crippen LogP contribution in [0.2, 0.25) is 0 Å². The summed E-state index contributed by atoms with van der Waals surface area (Å²) >= 11 is 0. The molecule has 0 heterocycles. The van der Waals surface area contributed by atoms with Gasteiger partial charge in [0.05, 0.1) is 12.2 Å². The van der Waals surface area contributed by atoms with Crippen LogP contribution in [-0.4, -0.2) is 35.0 Å². The second-order valence-corrected chi connectivity index (χ2v) is 3.19. The molecule has 0 aliphatic carbocycles. The average Bonchev–Trinajstić information content (AvgIpc) is 2.17. The van der Waals surface area contributed by atoms with E-state index in [1.165, 1.54) is 6.08 Å². The van der Waals surface area contributed by atoms with Crippen LogP contribution in [0.1, 0.15) is 13.3 Å². The molecule has 0 aromatic carbocycles. The van der Waals surface area contributed by atoms with E-state index in [4.69, 9.17) is 11.5 Å². The standard InChI is InChI=1S/C9H20N2O2/c1-3-6(5-10)8(12)9(13)7(11)4-2/h3,6-9,12-13H,1,4-5,10-11H2,2H3/t6-,7-,8+,9+/m0/s1. The zero-order valence-electron chi connectivity index (χ0n) is 8.06. The van der Waals surface area contributed by atoms with Crippen LogP contribution >= 0.6 is 0 Å². The minimum atomic E-state index is -0.934. The average molecular weight is 188 g/mol. The van der Waals surface area contributed by atoms with Gasteiger partial charge in [0.15, 0.2) is 0 Å². The molecule has 0 spiro atoms. The van der Waals surface area contributed by atoms with Crippen LogP contribution < -0.4 is 11.5 Å². The quantitative estimate of drug-likeness (QED) is 0.411. The molecule has 0 aromatic rings. The lowest BCUT2D eigenvalue weighted by atomic mass is 9.93. The van der Waals surface area contributed by atoms with Gasteiger partial charge >= 0.3 is 0 Å². The van der Waals surface area contributed by atoms with Crippen molar-refractivity contribution in [2.24, 2.45) is 17.4 Å². The maximum atomic E-state index is 9.60. The van der Waals surface area contributed by atoms with Crippen LogP contribution in [-0.2, 0) is 0 Å². The molecule has 0 aromatic heterocycles. The highest BCUT2D eigenvalue weighted by Gasteiger charge is 2.26. The zero-order chi connectivity index (χ0) is 10.4. The Morgan fingerprint density at radius 2 is 1.92 bits per heavy atom. The van der Waals surface area contributed by atoms with Gasteiger partial charge in [0.2, 0.25) is 0 Å². The van der Waals surface area contributed by atoms with Gasteiger partial charge in [-0.1, -0.05) is 13.0 Å². The monoisotopic (exact) mass is 188 g/mol. The first kappa shape index (κ1) is 12.6. The first-order chi connectivity index (χ1) is 6.08. The molecule has 4 atom stereocenters. The van der Waals surface area contributed by atoms with Gasteiger partial charge in [-0.15, -0.1) is 6.58 Å². The summed E-state index contributed by atoms with van der Waals surface area (Å²) < 4.78 is 0. The third-order valence-electron chi connectivity index (χ3n) is 2.27. The topological polar surface area (TPSA) is 92.5 Å². The molecular formula is C9H20N2O2. The van der Waals surface area contributed by atoms with Gasteiger partial charge in [-0.25, -0.2) is 0 Å². The van der Waals surface area contributed by atoms with Crippen molar-refractivity contribution in [3.63, 3.8) is 0 Å². The molecular weight excluding hydrogens is 168 g/mol. The zero-order valence-corrected chi connectivity index (χ0v) is 8.06. The second kappa shape index (κ2) is 6.10. The van der Waals surface area contributed by atoms with Gasteiger partial charge in [0.25, 0.3) is 0 Å². The summed E-state index contributed by atoms with van der Waals surface area (Å²) in [7, 11) is 0. The van der Waals surface area contributed by atoms with Crippen molar-refractivity contribution in [2.75, 3.05) is 6.54 Å². The number of rotatable bonds is 6. The number of hydrogen-bond acceptors (Lipinski definition) is 4. The van der Waals surface area contributed by atoms with E-state index in [1.54, 1.807) is 0 Å². The summed E-state index contributed by atoms with van der Waals surface area (Å²) in [6.45, 7) is 5.64. The normalized spacial score (nSPS) is 20.4. The van der Waals surface area contributed by atoms with Gasteiger partial charge in [-0.05, 0) is 6.42 Å². The lowest BCUT2D eigenvalue weighted by Crippen LogP contribution is -2.47. The molecule has 0 radical (unpaired) electrons. The molecule has 0 unspecified atom stereocenters. The fourth-order valence-electron chi connectivity index (χ4n) is 1.12. The lowest BCUT2D eigenvalue weighted by molar-refractivity contribution is -0.0173. The van der Waals surface area contributed by atoms with Crippen LogP contribution in [0.5, 0.6) is 0 Å². The highest BCUT2D eigenvalue weighted by atomic mass is 16.3. The molecule has 13 heavy (non-hydrogen) atoms. The molecule has 0 fully saturated rings. The fourth-order valence-corrected chi connectivity index (χ4v) is 1.12. The Labute approximate surface area is 79.2 Å². The van der Waals surface area contributed by atoms with Crippen LogP contribution in [0.15, 0.2) is 12.7 Å². The number of aliphatic hydroxyl groups excluding tert-OH is 2. The van der Waals surface area contributed by atoms with Crippen LogP contribution in [0.4, 0.5) is 0 Å². The fraction of sp³-hybridized carbons (Fsp3) is 0.778. The molecule has 0 rings (SSSR count). The van der Waals surface area contributed by atoms with Crippen LogP contribution in [0.3, 0.4) is 0 Å². The summed E-state index contributed by atoms with van der Waals surface area (Å²) in [5, 5.41) is 19.1. The van der Waals surface area contributed by atoms with Crippen LogP contribution in [0, 0.1) is 5.92 Å². The summed E-state index contributed by atoms with van der Waals surface area (Å²) in [6, 6.07) is -0.413. The van der Waals surface area contributed by atoms with Gasteiger partial charge in [-0.3, -0.25) is 0 Å². The van der Waals surface area contributed by atoms with Crippen LogP contribution in [0.25, 0.3) is 0 Å². The Balaban J connectivity index is 4.21.